The topological polar surface area (TPSA) is 56.1 Å². The number of nitrogens with zero attached hydrogens (tertiary/aromatic N) is 2. The smallest absolute Gasteiger partial charge is 0.147 e. The van der Waals surface area contributed by atoms with Gasteiger partial charge < -0.3 is 14.6 Å². The lowest BCUT2D eigenvalue weighted by atomic mass is 9.96. The third-order valence-corrected chi connectivity index (χ3v) is 4.17. The van der Waals surface area contributed by atoms with Crippen molar-refractivity contribution < 1.29 is 9.53 Å². The minimum absolute atomic E-state index is 0.0650. The van der Waals surface area contributed by atoms with Gasteiger partial charge in [-0.15, -0.1) is 0 Å². The average Bonchev–Trinajstić information content (AvgIpc) is 3.06. The molecule has 112 valence electrons. The molecule has 1 N–H and O–H groups in total. The minimum Gasteiger partial charge on any atom is -0.379 e. The van der Waals surface area contributed by atoms with E-state index in [9.17, 15) is 4.79 Å². The maximum atomic E-state index is 12.6. The first-order valence-corrected chi connectivity index (χ1v) is 7.45. The van der Waals surface area contributed by atoms with Crippen molar-refractivity contribution in [1.82, 2.24) is 14.9 Å². The number of fused-ring (bicyclic) bond motifs is 1. The summed E-state index contributed by atoms with van der Waals surface area (Å²) in [6, 6.07) is 8.09. The van der Waals surface area contributed by atoms with E-state index in [2.05, 4.69) is 10.3 Å². The second-order valence-corrected chi connectivity index (χ2v) is 5.53. The molecule has 1 aromatic carbocycles. The van der Waals surface area contributed by atoms with Gasteiger partial charge in [-0.25, -0.2) is 4.98 Å². The number of hydrogen-bond donors (Lipinski definition) is 1. The summed E-state index contributed by atoms with van der Waals surface area (Å²) in [5, 5.41) is 3.33. The van der Waals surface area contributed by atoms with Crippen molar-refractivity contribution in [3.63, 3.8) is 0 Å². The van der Waals surface area contributed by atoms with Crippen molar-refractivity contribution >= 4 is 16.8 Å². The van der Waals surface area contributed by atoms with Crippen LogP contribution < -0.4 is 5.32 Å². The number of nitrogens with one attached hydrogen (secondary N) is 1. The molecule has 0 saturated carbocycles. The molecule has 1 fully saturated rings. The van der Waals surface area contributed by atoms with Crippen LogP contribution in [0, 0.1) is 5.92 Å². The number of para-hydroxylation sites is 2. The molecule has 1 saturated heterocycles. The fourth-order valence-corrected chi connectivity index (χ4v) is 2.98. The number of carbonyl (C=O) groups excluding carboxylic acids is 1. The van der Waals surface area contributed by atoms with Crippen LogP contribution in [0.3, 0.4) is 0 Å². The van der Waals surface area contributed by atoms with Gasteiger partial charge in [0.1, 0.15) is 11.6 Å². The van der Waals surface area contributed by atoms with Gasteiger partial charge in [0.25, 0.3) is 0 Å². The number of rotatable bonds is 5. The van der Waals surface area contributed by atoms with E-state index < -0.39 is 0 Å². The van der Waals surface area contributed by atoms with E-state index in [1.807, 2.05) is 42.8 Å². The van der Waals surface area contributed by atoms with Crippen molar-refractivity contribution in [3.8, 4) is 0 Å². The Hall–Kier alpha value is -1.72. The molecule has 1 aromatic heterocycles. The molecule has 2 atom stereocenters. The second-order valence-electron chi connectivity index (χ2n) is 5.53. The van der Waals surface area contributed by atoms with Gasteiger partial charge in [0.05, 0.1) is 36.6 Å². The van der Waals surface area contributed by atoms with Crippen LogP contribution in [-0.2, 0) is 23.0 Å². The summed E-state index contributed by atoms with van der Waals surface area (Å²) in [6.07, 6.45) is 0.362. The zero-order chi connectivity index (χ0) is 14.8. The quantitative estimate of drug-likeness (QED) is 0.901. The number of ether oxygens (including phenoxy) is 1. The molecule has 0 radical (unpaired) electrons. The summed E-state index contributed by atoms with van der Waals surface area (Å²) in [6.45, 7) is 4.03. The van der Waals surface area contributed by atoms with Gasteiger partial charge in [0.2, 0.25) is 0 Å². The molecule has 5 heteroatoms. The van der Waals surface area contributed by atoms with Crippen LogP contribution in [-0.4, -0.2) is 41.1 Å². The summed E-state index contributed by atoms with van der Waals surface area (Å²) in [7, 11) is 1.96. The normalized spacial score (nSPS) is 22.0. The Morgan fingerprint density at radius 3 is 3.00 bits per heavy atom. The summed E-state index contributed by atoms with van der Waals surface area (Å²) in [5.74, 6) is 0.963. The van der Waals surface area contributed by atoms with E-state index >= 15 is 0 Å². The van der Waals surface area contributed by atoms with Gasteiger partial charge >= 0.3 is 0 Å². The number of ketones is 1. The predicted molar refractivity (Wildman–Crippen MR) is 81.2 cm³/mol. The highest BCUT2D eigenvalue weighted by atomic mass is 16.5. The maximum absolute atomic E-state index is 12.6. The lowest BCUT2D eigenvalue weighted by Crippen LogP contribution is -2.39. The van der Waals surface area contributed by atoms with Crippen LogP contribution >= 0.6 is 0 Å². The first kappa shape index (κ1) is 14.2. The monoisotopic (exact) mass is 287 g/mol. The van der Waals surface area contributed by atoms with Gasteiger partial charge in [-0.1, -0.05) is 19.1 Å². The highest BCUT2D eigenvalue weighted by Gasteiger charge is 2.33. The first-order chi connectivity index (χ1) is 10.2. The molecule has 2 heterocycles. The molecule has 5 nitrogen and oxygen atoms in total. The van der Waals surface area contributed by atoms with E-state index in [1.165, 1.54) is 0 Å². The van der Waals surface area contributed by atoms with Crippen molar-refractivity contribution in [2.24, 2.45) is 13.0 Å². The Balaban J connectivity index is 1.78. The van der Waals surface area contributed by atoms with E-state index in [0.717, 1.165) is 23.4 Å². The van der Waals surface area contributed by atoms with Gasteiger partial charge in [-0.3, -0.25) is 4.79 Å². The molecule has 0 aliphatic carbocycles. The Morgan fingerprint density at radius 1 is 1.43 bits per heavy atom. The van der Waals surface area contributed by atoms with Crippen molar-refractivity contribution in [2.75, 3.05) is 19.8 Å². The van der Waals surface area contributed by atoms with Crippen LogP contribution in [0.15, 0.2) is 24.3 Å². The van der Waals surface area contributed by atoms with Crippen LogP contribution in [0.5, 0.6) is 0 Å². The van der Waals surface area contributed by atoms with E-state index in [4.69, 9.17) is 4.74 Å². The van der Waals surface area contributed by atoms with Gasteiger partial charge in [-0.2, -0.15) is 0 Å². The number of hydrogen-bond acceptors (Lipinski definition) is 4. The van der Waals surface area contributed by atoms with Crippen LogP contribution in [0.4, 0.5) is 0 Å². The number of imidazole rings is 1. The number of Topliss-reactive ketones (excluding diaryl/α,β-unsaturated/α-hetero) is 1. The summed E-state index contributed by atoms with van der Waals surface area (Å²) in [4.78, 5) is 17.1. The zero-order valence-corrected chi connectivity index (χ0v) is 12.5. The molecule has 1 aliphatic heterocycles. The highest BCUT2D eigenvalue weighted by Crippen LogP contribution is 2.19. The standard InChI is InChI=1S/C16H21N3O2/c1-3-17-13-10-21-9-11(13)15(20)8-16-18-12-6-4-5-7-14(12)19(16)2/h4-7,11,13,17H,3,8-10H2,1-2H3. The zero-order valence-electron chi connectivity index (χ0n) is 12.5. The van der Waals surface area contributed by atoms with Crippen LogP contribution in [0.2, 0.25) is 0 Å². The van der Waals surface area contributed by atoms with Crippen LogP contribution in [0.25, 0.3) is 11.0 Å². The van der Waals surface area contributed by atoms with Gasteiger partial charge in [-0.05, 0) is 18.7 Å². The SMILES string of the molecule is CCNC1COCC1C(=O)Cc1nc2ccccc2n1C. The lowest BCUT2D eigenvalue weighted by molar-refractivity contribution is -0.122. The van der Waals surface area contributed by atoms with Crippen LogP contribution in [0.1, 0.15) is 12.7 Å². The molecule has 2 unspecified atom stereocenters. The Kier molecular flexibility index (Phi) is 4.03. The molecule has 0 bridgehead atoms. The molecule has 21 heavy (non-hydrogen) atoms. The largest absolute Gasteiger partial charge is 0.379 e. The molecular weight excluding hydrogens is 266 g/mol. The van der Waals surface area contributed by atoms with E-state index in [0.29, 0.717) is 19.6 Å². The molecule has 1 aliphatic rings. The minimum atomic E-state index is -0.0650. The number of aromatic nitrogens is 2. The molecule has 0 amide bonds. The van der Waals surface area contributed by atoms with Crippen molar-refractivity contribution in [1.29, 1.82) is 0 Å². The average molecular weight is 287 g/mol. The number of carbonyl (C=O) groups is 1. The summed E-state index contributed by atoms with van der Waals surface area (Å²) < 4.78 is 7.46. The third-order valence-electron chi connectivity index (χ3n) is 4.17. The van der Waals surface area contributed by atoms with E-state index in [1.54, 1.807) is 0 Å². The predicted octanol–water partition coefficient (Wildman–Crippen LogP) is 1.31. The first-order valence-electron chi connectivity index (χ1n) is 7.45. The number of benzene rings is 1. The Labute approximate surface area is 124 Å². The molecule has 3 rings (SSSR count). The maximum Gasteiger partial charge on any atom is 0.147 e. The number of aryl methyl sites for hydroxylation is 1. The fraction of sp³-hybridized carbons (Fsp3) is 0.500. The molecule has 2 aromatic rings. The fourth-order valence-electron chi connectivity index (χ4n) is 2.98. The van der Waals surface area contributed by atoms with Crippen molar-refractivity contribution in [2.45, 2.75) is 19.4 Å². The summed E-state index contributed by atoms with van der Waals surface area (Å²) in [5.41, 5.74) is 2.00. The van der Waals surface area contributed by atoms with Gasteiger partial charge in [0, 0.05) is 13.1 Å². The second kappa shape index (κ2) is 5.95. The molecular formula is C16H21N3O2. The highest BCUT2D eigenvalue weighted by molar-refractivity contribution is 5.85. The Morgan fingerprint density at radius 2 is 2.24 bits per heavy atom. The van der Waals surface area contributed by atoms with Crippen molar-refractivity contribution in [3.05, 3.63) is 30.1 Å². The Bertz CT molecular complexity index is 650. The van der Waals surface area contributed by atoms with Gasteiger partial charge in [0.15, 0.2) is 0 Å². The van der Waals surface area contributed by atoms with E-state index in [-0.39, 0.29) is 17.7 Å². The number of likely N-dealkylation sites (N-methyl/N-ethyl adjacent to an activating group) is 1. The molecule has 0 spiro atoms. The summed E-state index contributed by atoms with van der Waals surface area (Å²) >= 11 is 0. The third kappa shape index (κ3) is 2.71. The lowest BCUT2D eigenvalue weighted by Gasteiger charge is -2.16.